The van der Waals surface area contributed by atoms with E-state index in [2.05, 4.69) is 5.32 Å². The molecule has 1 rings (SSSR count). The van der Waals surface area contributed by atoms with Gasteiger partial charge in [0.2, 0.25) is 11.8 Å². The van der Waals surface area contributed by atoms with Crippen LogP contribution in [0.1, 0.15) is 12.8 Å². The lowest BCUT2D eigenvalue weighted by molar-refractivity contribution is -0.148. The number of thioether (sulfide) groups is 1. The zero-order valence-electron chi connectivity index (χ0n) is 9.21. The average Bonchev–Trinajstić information content (AvgIpc) is 2.22. The number of likely N-dealkylation sites (N-methyl/N-ethyl adjacent to an activating group) is 1. The normalized spacial score (nSPS) is 22.1. The summed E-state index contributed by atoms with van der Waals surface area (Å²) in [5.41, 5.74) is -4.25. The monoisotopic (exact) mass is 270 g/mol. The number of hydrogen-bond acceptors (Lipinski definition) is 4. The third-order valence-corrected chi connectivity index (χ3v) is 3.14. The van der Waals surface area contributed by atoms with E-state index in [1.54, 1.807) is 0 Å². The summed E-state index contributed by atoms with van der Waals surface area (Å²) in [5, 5.41) is 2.73. The molecule has 0 aromatic heterocycles. The molecule has 2 amide bonds. The van der Waals surface area contributed by atoms with Crippen LogP contribution in [-0.4, -0.2) is 47.6 Å². The number of alkyl halides is 3. The summed E-state index contributed by atoms with van der Waals surface area (Å²) in [6.07, 6.45) is 0.588. The van der Waals surface area contributed by atoms with Crippen molar-refractivity contribution in [3.8, 4) is 0 Å². The number of carbonyl (C=O) groups is 2. The quantitative estimate of drug-likeness (QED) is 0.611. The number of amides is 2. The summed E-state index contributed by atoms with van der Waals surface area (Å²) in [5.74, 6) is -0.777. The molecule has 0 bridgehead atoms. The van der Waals surface area contributed by atoms with Gasteiger partial charge in [-0.2, -0.15) is 13.2 Å². The molecule has 8 heteroatoms. The van der Waals surface area contributed by atoms with Crippen molar-refractivity contribution in [3.05, 3.63) is 0 Å². The van der Waals surface area contributed by atoms with Crippen LogP contribution >= 0.6 is 11.8 Å². The van der Waals surface area contributed by atoms with E-state index in [1.807, 2.05) is 0 Å². The second-order valence-corrected chi connectivity index (χ2v) is 4.79. The molecule has 1 fully saturated rings. The van der Waals surface area contributed by atoms with Crippen molar-refractivity contribution in [2.24, 2.45) is 0 Å². The number of carbonyl (C=O) groups excluding carboxylic acids is 2. The van der Waals surface area contributed by atoms with E-state index >= 15 is 0 Å². The first-order chi connectivity index (χ1) is 7.81. The highest BCUT2D eigenvalue weighted by molar-refractivity contribution is 8.00. The third kappa shape index (κ3) is 4.55. The topological polar surface area (TPSA) is 49.4 Å². The van der Waals surface area contributed by atoms with Crippen LogP contribution in [0, 0.1) is 0 Å². The zero-order valence-corrected chi connectivity index (χ0v) is 10.0. The number of hydrogen-bond donors (Lipinski definition) is 1. The van der Waals surface area contributed by atoms with Gasteiger partial charge < -0.3 is 5.32 Å². The number of imide groups is 1. The third-order valence-electron chi connectivity index (χ3n) is 2.41. The largest absolute Gasteiger partial charge is 0.441 e. The van der Waals surface area contributed by atoms with Crippen molar-refractivity contribution in [1.29, 1.82) is 0 Å². The van der Waals surface area contributed by atoms with Gasteiger partial charge in [0.1, 0.15) is 0 Å². The Morgan fingerprint density at radius 1 is 1.47 bits per heavy atom. The van der Waals surface area contributed by atoms with E-state index in [-0.39, 0.29) is 42.3 Å². The average molecular weight is 270 g/mol. The molecule has 1 aliphatic heterocycles. The molecule has 0 spiro atoms. The smallest absolute Gasteiger partial charge is 0.305 e. The fourth-order valence-electron chi connectivity index (χ4n) is 1.50. The molecule has 17 heavy (non-hydrogen) atoms. The van der Waals surface area contributed by atoms with Gasteiger partial charge in [0, 0.05) is 25.8 Å². The molecule has 0 aliphatic carbocycles. The van der Waals surface area contributed by atoms with Crippen LogP contribution in [0.15, 0.2) is 0 Å². The zero-order chi connectivity index (χ0) is 13.1. The summed E-state index contributed by atoms with van der Waals surface area (Å²) in [7, 11) is 1.38. The molecule has 1 aliphatic rings. The van der Waals surface area contributed by atoms with Crippen molar-refractivity contribution < 1.29 is 22.8 Å². The Morgan fingerprint density at radius 3 is 2.71 bits per heavy atom. The molecule has 0 aromatic carbocycles. The Kier molecular flexibility index (Phi) is 4.81. The molecule has 0 radical (unpaired) electrons. The molecule has 0 saturated carbocycles. The van der Waals surface area contributed by atoms with Gasteiger partial charge in [-0.3, -0.25) is 14.5 Å². The van der Waals surface area contributed by atoms with E-state index in [0.717, 1.165) is 4.90 Å². The number of nitrogens with zero attached hydrogens (tertiary/aromatic N) is 1. The minimum Gasteiger partial charge on any atom is -0.305 e. The highest BCUT2D eigenvalue weighted by atomic mass is 32.2. The second kappa shape index (κ2) is 5.72. The number of halogens is 3. The number of piperidine rings is 1. The molecule has 1 atom stereocenters. The maximum absolute atomic E-state index is 11.8. The number of likely N-dealkylation sites (tertiary alicyclic amines) is 1. The summed E-state index contributed by atoms with van der Waals surface area (Å²) < 4.78 is 35.5. The number of rotatable bonds is 4. The van der Waals surface area contributed by atoms with E-state index in [1.165, 1.54) is 7.05 Å². The molecule has 0 aromatic rings. The van der Waals surface area contributed by atoms with E-state index < -0.39 is 11.6 Å². The van der Waals surface area contributed by atoms with Gasteiger partial charge >= 0.3 is 5.51 Å². The Bertz CT molecular complexity index is 309. The molecule has 1 saturated heterocycles. The van der Waals surface area contributed by atoms with Crippen LogP contribution in [0.4, 0.5) is 13.2 Å². The molecular formula is C9H13F3N2O2S. The van der Waals surface area contributed by atoms with Gasteiger partial charge in [-0.05, 0) is 18.2 Å². The predicted octanol–water partition coefficient (Wildman–Crippen LogP) is 0.976. The maximum atomic E-state index is 11.8. The molecular weight excluding hydrogens is 257 g/mol. The van der Waals surface area contributed by atoms with Crippen LogP contribution in [0.2, 0.25) is 0 Å². The standard InChI is InChI=1S/C9H13F3N2O2S/c1-14-7(15)3-2-6(8(14)16)13-4-5-17-9(10,11)12/h6,13H,2-5H2,1H3. The lowest BCUT2D eigenvalue weighted by Crippen LogP contribution is -2.51. The molecule has 1 N–H and O–H groups in total. The van der Waals surface area contributed by atoms with Crippen molar-refractivity contribution in [2.75, 3.05) is 19.3 Å². The lowest BCUT2D eigenvalue weighted by atomic mass is 10.1. The molecule has 1 heterocycles. The van der Waals surface area contributed by atoms with E-state index in [9.17, 15) is 22.8 Å². The summed E-state index contributed by atoms with van der Waals surface area (Å²) in [6, 6.07) is -0.550. The highest BCUT2D eigenvalue weighted by Gasteiger charge is 2.32. The van der Waals surface area contributed by atoms with Crippen LogP contribution in [0.3, 0.4) is 0 Å². The number of nitrogens with one attached hydrogen (secondary N) is 1. The van der Waals surface area contributed by atoms with E-state index in [4.69, 9.17) is 0 Å². The fourth-order valence-corrected chi connectivity index (χ4v) is 1.96. The van der Waals surface area contributed by atoms with Gasteiger partial charge in [-0.25, -0.2) is 0 Å². The maximum Gasteiger partial charge on any atom is 0.441 e. The lowest BCUT2D eigenvalue weighted by Gasteiger charge is -2.28. The minimum atomic E-state index is -4.25. The summed E-state index contributed by atoms with van der Waals surface area (Å²) in [4.78, 5) is 23.7. The SMILES string of the molecule is CN1C(=O)CCC(NCCSC(F)(F)F)C1=O. The van der Waals surface area contributed by atoms with Gasteiger partial charge in [-0.15, -0.1) is 0 Å². The van der Waals surface area contributed by atoms with Gasteiger partial charge in [-0.1, -0.05) is 0 Å². The van der Waals surface area contributed by atoms with Crippen molar-refractivity contribution in [3.63, 3.8) is 0 Å². The van der Waals surface area contributed by atoms with Gasteiger partial charge in [0.25, 0.3) is 0 Å². The first kappa shape index (κ1) is 14.3. The summed E-state index contributed by atoms with van der Waals surface area (Å²) in [6.45, 7) is 0.0859. The molecule has 98 valence electrons. The first-order valence-corrected chi connectivity index (χ1v) is 6.04. The highest BCUT2D eigenvalue weighted by Crippen LogP contribution is 2.29. The fraction of sp³-hybridized carbons (Fsp3) is 0.778. The Labute approximate surface area is 101 Å². The predicted molar refractivity (Wildman–Crippen MR) is 57.3 cm³/mol. The second-order valence-electron chi connectivity index (χ2n) is 3.63. The van der Waals surface area contributed by atoms with Crippen LogP contribution in [-0.2, 0) is 9.59 Å². The Hall–Kier alpha value is -0.760. The first-order valence-electron chi connectivity index (χ1n) is 5.06. The van der Waals surface area contributed by atoms with Crippen molar-refractivity contribution >= 4 is 23.6 Å². The van der Waals surface area contributed by atoms with Gasteiger partial charge in [0.15, 0.2) is 0 Å². The van der Waals surface area contributed by atoms with Crippen LogP contribution in [0.5, 0.6) is 0 Å². The van der Waals surface area contributed by atoms with Crippen molar-refractivity contribution in [2.45, 2.75) is 24.4 Å². The van der Waals surface area contributed by atoms with E-state index in [0.29, 0.717) is 6.42 Å². The minimum absolute atomic E-state index is 0.0859. The summed E-state index contributed by atoms with van der Waals surface area (Å²) >= 11 is -0.130. The molecule has 4 nitrogen and oxygen atoms in total. The molecule has 1 unspecified atom stereocenters. The Morgan fingerprint density at radius 2 is 2.12 bits per heavy atom. The van der Waals surface area contributed by atoms with Gasteiger partial charge in [0.05, 0.1) is 6.04 Å². The van der Waals surface area contributed by atoms with Crippen LogP contribution in [0.25, 0.3) is 0 Å². The van der Waals surface area contributed by atoms with Crippen LogP contribution < -0.4 is 5.32 Å². The van der Waals surface area contributed by atoms with Crippen molar-refractivity contribution in [1.82, 2.24) is 10.2 Å². The Balaban J connectivity index is 2.28.